The van der Waals surface area contributed by atoms with E-state index in [0.717, 1.165) is 23.5 Å². The van der Waals surface area contributed by atoms with E-state index in [9.17, 15) is 0 Å². The molecule has 0 amide bonds. The number of hydrogen-bond acceptors (Lipinski definition) is 1. The summed E-state index contributed by atoms with van der Waals surface area (Å²) in [5.74, 6) is 0. The molecule has 1 aromatic heterocycles. The fourth-order valence-electron chi connectivity index (χ4n) is 2.81. The second kappa shape index (κ2) is 4.35. The molecular weight excluding hydrogens is 232 g/mol. The molecule has 1 unspecified atom stereocenters. The lowest BCUT2D eigenvalue weighted by Gasteiger charge is -2.12. The van der Waals surface area contributed by atoms with Gasteiger partial charge in [-0.3, -0.25) is 0 Å². The van der Waals surface area contributed by atoms with Crippen molar-refractivity contribution in [3.63, 3.8) is 0 Å². The summed E-state index contributed by atoms with van der Waals surface area (Å²) in [5, 5.41) is 5.74. The number of aromatic nitrogens is 1. The Morgan fingerprint density at radius 3 is 3.18 bits per heavy atom. The zero-order valence-electron chi connectivity index (χ0n) is 10.0. The third-order valence-electron chi connectivity index (χ3n) is 3.58. The summed E-state index contributed by atoms with van der Waals surface area (Å²) in [7, 11) is 0. The van der Waals surface area contributed by atoms with E-state index in [0.29, 0.717) is 6.04 Å². The van der Waals surface area contributed by atoms with Crippen molar-refractivity contribution >= 4 is 22.5 Å². The number of fused-ring (bicyclic) bond motifs is 3. The van der Waals surface area contributed by atoms with Crippen molar-refractivity contribution in [2.75, 3.05) is 6.54 Å². The van der Waals surface area contributed by atoms with Gasteiger partial charge < -0.3 is 10.3 Å². The lowest BCUT2D eigenvalue weighted by Crippen LogP contribution is -2.19. The van der Waals surface area contributed by atoms with Crippen LogP contribution in [-0.4, -0.2) is 11.5 Å². The van der Waals surface area contributed by atoms with Gasteiger partial charge in [-0.05, 0) is 37.4 Å². The van der Waals surface area contributed by atoms with E-state index in [4.69, 9.17) is 11.6 Å². The first kappa shape index (κ1) is 11.1. The molecule has 1 aliphatic carbocycles. The summed E-state index contributed by atoms with van der Waals surface area (Å²) < 4.78 is 0. The highest BCUT2D eigenvalue weighted by atomic mass is 35.5. The number of hydrogen-bond donors (Lipinski definition) is 2. The highest BCUT2D eigenvalue weighted by Gasteiger charge is 2.26. The van der Waals surface area contributed by atoms with Crippen molar-refractivity contribution in [1.82, 2.24) is 10.3 Å². The highest BCUT2D eigenvalue weighted by molar-refractivity contribution is 6.35. The van der Waals surface area contributed by atoms with E-state index >= 15 is 0 Å². The molecule has 2 N–H and O–H groups in total. The first-order valence-electron chi connectivity index (χ1n) is 6.33. The number of benzene rings is 1. The Bertz CT molecular complexity index is 544. The zero-order chi connectivity index (χ0) is 11.8. The molecule has 1 heterocycles. The van der Waals surface area contributed by atoms with E-state index in [-0.39, 0.29) is 0 Å². The van der Waals surface area contributed by atoms with Crippen molar-refractivity contribution in [2.45, 2.75) is 32.2 Å². The van der Waals surface area contributed by atoms with Crippen LogP contribution in [-0.2, 0) is 6.42 Å². The van der Waals surface area contributed by atoms with Gasteiger partial charge in [0, 0.05) is 17.1 Å². The van der Waals surface area contributed by atoms with Gasteiger partial charge in [-0.15, -0.1) is 0 Å². The Morgan fingerprint density at radius 1 is 1.47 bits per heavy atom. The molecule has 0 saturated heterocycles. The average molecular weight is 249 g/mol. The third kappa shape index (κ3) is 1.76. The molecule has 2 nitrogen and oxygen atoms in total. The first-order valence-corrected chi connectivity index (χ1v) is 6.71. The topological polar surface area (TPSA) is 27.8 Å². The van der Waals surface area contributed by atoms with Crippen molar-refractivity contribution < 1.29 is 0 Å². The van der Waals surface area contributed by atoms with Crippen molar-refractivity contribution in [3.8, 4) is 0 Å². The molecule has 17 heavy (non-hydrogen) atoms. The van der Waals surface area contributed by atoms with Crippen LogP contribution in [0.1, 0.15) is 37.1 Å². The molecule has 3 rings (SSSR count). The fourth-order valence-corrected chi connectivity index (χ4v) is 3.03. The number of aromatic amines is 1. The van der Waals surface area contributed by atoms with Crippen LogP contribution in [0.4, 0.5) is 0 Å². The summed E-state index contributed by atoms with van der Waals surface area (Å²) in [6.45, 7) is 3.28. The minimum absolute atomic E-state index is 0.497. The van der Waals surface area contributed by atoms with E-state index in [1.54, 1.807) is 0 Å². The number of para-hydroxylation sites is 1. The Balaban J connectivity index is 2.07. The van der Waals surface area contributed by atoms with Gasteiger partial charge in [0.2, 0.25) is 0 Å². The number of halogens is 1. The molecule has 0 aliphatic heterocycles. The molecular formula is C14H17ClN2. The van der Waals surface area contributed by atoms with Crippen molar-refractivity contribution in [3.05, 3.63) is 34.5 Å². The van der Waals surface area contributed by atoms with Gasteiger partial charge in [-0.2, -0.15) is 0 Å². The molecule has 1 aliphatic rings. The molecule has 0 fully saturated rings. The van der Waals surface area contributed by atoms with Gasteiger partial charge in [0.15, 0.2) is 0 Å². The first-order chi connectivity index (χ1) is 8.31. The highest BCUT2D eigenvalue weighted by Crippen LogP contribution is 2.38. The summed E-state index contributed by atoms with van der Waals surface area (Å²) in [6.07, 6.45) is 3.50. The van der Waals surface area contributed by atoms with Gasteiger partial charge >= 0.3 is 0 Å². The Kier molecular flexibility index (Phi) is 2.85. The molecule has 0 saturated carbocycles. The van der Waals surface area contributed by atoms with Crippen molar-refractivity contribution in [1.29, 1.82) is 0 Å². The predicted molar refractivity (Wildman–Crippen MR) is 72.7 cm³/mol. The lowest BCUT2D eigenvalue weighted by molar-refractivity contribution is 0.531. The Labute approximate surface area is 106 Å². The van der Waals surface area contributed by atoms with Gasteiger partial charge in [0.1, 0.15) is 0 Å². The average Bonchev–Trinajstić information content (AvgIpc) is 2.87. The Hall–Kier alpha value is -0.990. The fraction of sp³-hybridized carbons (Fsp3) is 0.429. The quantitative estimate of drug-likeness (QED) is 0.850. The van der Waals surface area contributed by atoms with Crippen LogP contribution in [0.15, 0.2) is 18.2 Å². The van der Waals surface area contributed by atoms with Crippen molar-refractivity contribution in [2.24, 2.45) is 0 Å². The van der Waals surface area contributed by atoms with Crippen LogP contribution in [0.5, 0.6) is 0 Å². The van der Waals surface area contributed by atoms with E-state index in [1.807, 2.05) is 12.1 Å². The van der Waals surface area contributed by atoms with Gasteiger partial charge in [0.25, 0.3) is 0 Å². The number of rotatable bonds is 3. The molecule has 90 valence electrons. The second-order valence-corrected chi connectivity index (χ2v) is 5.13. The molecule has 3 heteroatoms. The van der Waals surface area contributed by atoms with Crippen LogP contribution in [0.2, 0.25) is 5.02 Å². The third-order valence-corrected chi connectivity index (χ3v) is 3.89. The van der Waals surface area contributed by atoms with Crippen LogP contribution in [0.3, 0.4) is 0 Å². The largest absolute Gasteiger partial charge is 0.357 e. The minimum atomic E-state index is 0.497. The molecule has 1 aromatic carbocycles. The van der Waals surface area contributed by atoms with Crippen LogP contribution in [0, 0.1) is 0 Å². The number of aryl methyl sites for hydroxylation is 1. The molecule has 0 bridgehead atoms. The van der Waals surface area contributed by atoms with E-state index < -0.39 is 0 Å². The normalized spacial score (nSPS) is 18.8. The second-order valence-electron chi connectivity index (χ2n) is 4.73. The SMILES string of the molecule is CCCNC1CCc2[nH]c3c(Cl)cccc3c21. The zero-order valence-corrected chi connectivity index (χ0v) is 10.8. The smallest absolute Gasteiger partial charge is 0.0648 e. The predicted octanol–water partition coefficient (Wildman–Crippen LogP) is 3.81. The summed E-state index contributed by atoms with van der Waals surface area (Å²) in [6, 6.07) is 6.65. The van der Waals surface area contributed by atoms with Crippen LogP contribution >= 0.6 is 11.6 Å². The molecule has 0 radical (unpaired) electrons. The molecule has 1 atom stereocenters. The lowest BCUT2D eigenvalue weighted by atomic mass is 10.1. The van der Waals surface area contributed by atoms with Crippen LogP contribution in [0.25, 0.3) is 10.9 Å². The minimum Gasteiger partial charge on any atom is -0.357 e. The maximum atomic E-state index is 6.22. The summed E-state index contributed by atoms with van der Waals surface area (Å²) >= 11 is 6.22. The van der Waals surface area contributed by atoms with Gasteiger partial charge in [0.05, 0.1) is 10.5 Å². The standard InChI is InChI=1S/C14H17ClN2/c1-2-8-16-11-6-7-12-13(11)9-4-3-5-10(15)14(9)17-12/h3-5,11,16-17H,2,6-8H2,1H3. The van der Waals surface area contributed by atoms with Gasteiger partial charge in [-0.1, -0.05) is 30.7 Å². The van der Waals surface area contributed by atoms with E-state index in [2.05, 4.69) is 23.3 Å². The molecule has 0 spiro atoms. The number of nitrogens with one attached hydrogen (secondary N) is 2. The maximum Gasteiger partial charge on any atom is 0.0648 e. The van der Waals surface area contributed by atoms with E-state index in [1.165, 1.54) is 29.5 Å². The summed E-state index contributed by atoms with van der Waals surface area (Å²) in [5.41, 5.74) is 3.90. The summed E-state index contributed by atoms with van der Waals surface area (Å²) in [4.78, 5) is 3.48. The van der Waals surface area contributed by atoms with Gasteiger partial charge in [-0.25, -0.2) is 0 Å². The monoisotopic (exact) mass is 248 g/mol. The maximum absolute atomic E-state index is 6.22. The van der Waals surface area contributed by atoms with Crippen LogP contribution < -0.4 is 5.32 Å². The molecule has 2 aromatic rings. The number of H-pyrrole nitrogens is 1. The Morgan fingerprint density at radius 2 is 2.35 bits per heavy atom.